The normalized spacial score (nSPS) is 17.7. The first-order valence-corrected chi connectivity index (χ1v) is 7.82. The van der Waals surface area contributed by atoms with Crippen molar-refractivity contribution in [3.8, 4) is 0 Å². The molecule has 1 amide bonds. The minimum atomic E-state index is -0.117. The number of carbonyl (C=O) groups is 1. The van der Waals surface area contributed by atoms with E-state index in [-0.39, 0.29) is 11.9 Å². The highest BCUT2D eigenvalue weighted by Gasteiger charge is 2.20. The van der Waals surface area contributed by atoms with E-state index in [1.54, 1.807) is 12.5 Å². The van der Waals surface area contributed by atoms with Crippen LogP contribution < -0.4 is 5.32 Å². The van der Waals surface area contributed by atoms with Crippen molar-refractivity contribution in [3.63, 3.8) is 0 Å². The van der Waals surface area contributed by atoms with Crippen LogP contribution in [-0.4, -0.2) is 36.1 Å². The zero-order valence-corrected chi connectivity index (χ0v) is 12.9. The molecule has 3 aromatic heterocycles. The maximum absolute atomic E-state index is 12.5. The average molecular weight is 310 g/mol. The fourth-order valence-corrected chi connectivity index (χ4v) is 3.02. The summed E-state index contributed by atoms with van der Waals surface area (Å²) in [7, 11) is 0. The molecule has 0 saturated carbocycles. The third kappa shape index (κ3) is 2.69. The number of imidazole rings is 1. The van der Waals surface area contributed by atoms with E-state index in [2.05, 4.69) is 25.1 Å². The van der Waals surface area contributed by atoms with Crippen LogP contribution in [0.25, 0.3) is 5.65 Å². The van der Waals surface area contributed by atoms with Crippen molar-refractivity contribution in [3.05, 3.63) is 47.9 Å². The summed E-state index contributed by atoms with van der Waals surface area (Å²) in [5.74, 6) is 0.874. The summed E-state index contributed by atoms with van der Waals surface area (Å²) in [4.78, 5) is 16.9. The first-order valence-electron chi connectivity index (χ1n) is 7.82. The number of hydrogen-bond donors (Lipinski definition) is 1. The molecule has 7 nitrogen and oxygen atoms in total. The summed E-state index contributed by atoms with van der Waals surface area (Å²) in [6.07, 6.45) is 8.08. The Bertz CT molecular complexity index is 842. The number of nitrogens with zero attached hydrogens (tertiary/aromatic N) is 5. The average Bonchev–Trinajstić information content (AvgIpc) is 3.11. The molecule has 0 radical (unpaired) electrons. The molecule has 1 aliphatic heterocycles. The molecule has 1 unspecified atom stereocenters. The van der Waals surface area contributed by atoms with Gasteiger partial charge in [0, 0.05) is 31.4 Å². The van der Waals surface area contributed by atoms with Gasteiger partial charge in [0.15, 0.2) is 0 Å². The lowest BCUT2D eigenvalue weighted by Gasteiger charge is -2.14. The van der Waals surface area contributed by atoms with E-state index < -0.39 is 0 Å². The van der Waals surface area contributed by atoms with Crippen molar-refractivity contribution in [2.24, 2.45) is 0 Å². The topological polar surface area (TPSA) is 77.1 Å². The minimum absolute atomic E-state index is 0.117. The number of hydrogen-bond acceptors (Lipinski definition) is 4. The van der Waals surface area contributed by atoms with Crippen LogP contribution in [0.15, 0.2) is 30.9 Å². The molecule has 1 atom stereocenters. The van der Waals surface area contributed by atoms with Crippen LogP contribution in [0.1, 0.15) is 34.7 Å². The molecular formula is C16H18N6O. The van der Waals surface area contributed by atoms with E-state index in [0.29, 0.717) is 5.69 Å². The number of amides is 1. The fraction of sp³-hybridized carbons (Fsp3) is 0.375. The summed E-state index contributed by atoms with van der Waals surface area (Å²) < 4.78 is 3.94. The molecule has 3 aromatic rings. The van der Waals surface area contributed by atoms with Crippen LogP contribution in [0.2, 0.25) is 0 Å². The monoisotopic (exact) mass is 310 g/mol. The molecule has 4 heterocycles. The Hall–Kier alpha value is -2.70. The van der Waals surface area contributed by atoms with Crippen molar-refractivity contribution in [1.29, 1.82) is 0 Å². The van der Waals surface area contributed by atoms with Crippen molar-refractivity contribution < 1.29 is 4.79 Å². The van der Waals surface area contributed by atoms with Gasteiger partial charge in [-0.1, -0.05) is 6.07 Å². The van der Waals surface area contributed by atoms with Gasteiger partial charge in [-0.25, -0.2) is 4.98 Å². The predicted molar refractivity (Wildman–Crippen MR) is 84.1 cm³/mol. The van der Waals surface area contributed by atoms with E-state index in [9.17, 15) is 4.79 Å². The van der Waals surface area contributed by atoms with Crippen LogP contribution in [-0.2, 0) is 13.0 Å². The Morgan fingerprint density at radius 1 is 1.30 bits per heavy atom. The Morgan fingerprint density at radius 2 is 2.22 bits per heavy atom. The molecular weight excluding hydrogens is 292 g/mol. The van der Waals surface area contributed by atoms with E-state index in [1.165, 1.54) is 0 Å². The van der Waals surface area contributed by atoms with Gasteiger partial charge < -0.3 is 14.3 Å². The smallest absolute Gasteiger partial charge is 0.271 e. The third-order valence-electron chi connectivity index (χ3n) is 4.30. The van der Waals surface area contributed by atoms with E-state index in [0.717, 1.165) is 42.8 Å². The molecule has 0 fully saturated rings. The van der Waals surface area contributed by atoms with Crippen LogP contribution in [0.3, 0.4) is 0 Å². The second-order valence-corrected chi connectivity index (χ2v) is 6.04. The molecule has 4 rings (SSSR count). The molecule has 0 bridgehead atoms. The maximum atomic E-state index is 12.5. The van der Waals surface area contributed by atoms with Gasteiger partial charge in [0.1, 0.15) is 23.5 Å². The van der Waals surface area contributed by atoms with Crippen LogP contribution >= 0.6 is 0 Å². The maximum Gasteiger partial charge on any atom is 0.271 e. The summed E-state index contributed by atoms with van der Waals surface area (Å²) in [5, 5.41) is 11.1. The molecule has 0 aliphatic carbocycles. The molecule has 0 saturated heterocycles. The van der Waals surface area contributed by atoms with Crippen molar-refractivity contribution in [1.82, 2.24) is 29.5 Å². The third-order valence-corrected chi connectivity index (χ3v) is 4.30. The molecule has 7 heteroatoms. The van der Waals surface area contributed by atoms with Crippen LogP contribution in [0, 0.1) is 6.92 Å². The number of rotatable bonds is 2. The Balaban J connectivity index is 1.47. The summed E-state index contributed by atoms with van der Waals surface area (Å²) in [6.45, 7) is 2.85. The van der Waals surface area contributed by atoms with Gasteiger partial charge in [-0.05, 0) is 31.4 Å². The molecule has 0 spiro atoms. The number of aromatic nitrogens is 5. The zero-order valence-electron chi connectivity index (χ0n) is 12.9. The van der Waals surface area contributed by atoms with Gasteiger partial charge in [-0.2, -0.15) is 0 Å². The number of pyridine rings is 1. The van der Waals surface area contributed by atoms with E-state index >= 15 is 0 Å². The lowest BCUT2D eigenvalue weighted by Crippen LogP contribution is -2.35. The molecule has 118 valence electrons. The van der Waals surface area contributed by atoms with Crippen LogP contribution in [0.5, 0.6) is 0 Å². The SMILES string of the molecule is Cc1ccc2nc(C(=O)NC3CCc4nncn4CC3)cn2c1. The Morgan fingerprint density at radius 3 is 3.13 bits per heavy atom. The van der Waals surface area contributed by atoms with E-state index in [1.807, 2.05) is 29.7 Å². The molecule has 1 N–H and O–H groups in total. The van der Waals surface area contributed by atoms with Gasteiger partial charge in [-0.15, -0.1) is 10.2 Å². The number of aryl methyl sites for hydroxylation is 3. The van der Waals surface area contributed by atoms with Gasteiger partial charge >= 0.3 is 0 Å². The molecule has 23 heavy (non-hydrogen) atoms. The van der Waals surface area contributed by atoms with Crippen LogP contribution in [0.4, 0.5) is 0 Å². The first kappa shape index (κ1) is 13.9. The van der Waals surface area contributed by atoms with Gasteiger partial charge in [0.2, 0.25) is 0 Å². The second kappa shape index (κ2) is 5.49. The number of fused-ring (bicyclic) bond motifs is 2. The van der Waals surface area contributed by atoms with Crippen molar-refractivity contribution in [2.75, 3.05) is 0 Å². The summed E-state index contributed by atoms with van der Waals surface area (Å²) in [5.41, 5.74) is 2.38. The van der Waals surface area contributed by atoms with Gasteiger partial charge in [-0.3, -0.25) is 4.79 Å². The standard InChI is InChI=1S/C16H18N6O/c1-11-2-4-14-19-13(9-22(14)8-11)16(23)18-12-3-5-15-20-17-10-21(15)7-6-12/h2,4,8-10,12H,3,5-7H2,1H3,(H,18,23). The van der Waals surface area contributed by atoms with Crippen molar-refractivity contribution in [2.45, 2.75) is 38.8 Å². The Labute approximate surface area is 133 Å². The van der Waals surface area contributed by atoms with Gasteiger partial charge in [0.25, 0.3) is 5.91 Å². The largest absolute Gasteiger partial charge is 0.348 e. The zero-order chi connectivity index (χ0) is 15.8. The minimum Gasteiger partial charge on any atom is -0.348 e. The second-order valence-electron chi connectivity index (χ2n) is 6.04. The highest BCUT2D eigenvalue weighted by atomic mass is 16.2. The quantitative estimate of drug-likeness (QED) is 0.775. The first-order chi connectivity index (χ1) is 11.2. The number of carbonyl (C=O) groups excluding carboxylic acids is 1. The van der Waals surface area contributed by atoms with Gasteiger partial charge in [0.05, 0.1) is 0 Å². The highest BCUT2D eigenvalue weighted by Crippen LogP contribution is 2.14. The summed E-state index contributed by atoms with van der Waals surface area (Å²) in [6, 6.07) is 4.05. The lowest BCUT2D eigenvalue weighted by molar-refractivity contribution is 0.0928. The summed E-state index contributed by atoms with van der Waals surface area (Å²) >= 11 is 0. The lowest BCUT2D eigenvalue weighted by atomic mass is 10.1. The highest BCUT2D eigenvalue weighted by molar-refractivity contribution is 5.93. The fourth-order valence-electron chi connectivity index (χ4n) is 3.02. The predicted octanol–water partition coefficient (Wildman–Crippen LogP) is 1.37. The molecule has 1 aliphatic rings. The number of nitrogens with one attached hydrogen (secondary N) is 1. The van der Waals surface area contributed by atoms with Crippen molar-refractivity contribution >= 4 is 11.6 Å². The molecule has 0 aromatic carbocycles. The van der Waals surface area contributed by atoms with E-state index in [4.69, 9.17) is 0 Å². The Kier molecular flexibility index (Phi) is 3.33.